The molecule has 0 unspecified atom stereocenters. The van der Waals surface area contributed by atoms with Gasteiger partial charge in [-0.2, -0.15) is 0 Å². The molecule has 136 valence electrons. The van der Waals surface area contributed by atoms with Gasteiger partial charge in [0.05, 0.1) is 6.61 Å². The monoisotopic (exact) mass is 346 g/mol. The fourth-order valence-electron chi connectivity index (χ4n) is 2.79. The van der Waals surface area contributed by atoms with Crippen LogP contribution in [0.15, 0.2) is 27.4 Å². The third-order valence-corrected chi connectivity index (χ3v) is 4.24. The van der Waals surface area contributed by atoms with Gasteiger partial charge < -0.3 is 13.9 Å². The Morgan fingerprint density at radius 2 is 2.00 bits per heavy atom. The van der Waals surface area contributed by atoms with Gasteiger partial charge in [-0.25, -0.2) is 9.59 Å². The lowest BCUT2D eigenvalue weighted by atomic mass is 10.0. The largest absolute Gasteiger partial charge is 0.479 e. The van der Waals surface area contributed by atoms with Gasteiger partial charge >= 0.3 is 11.6 Å². The molecule has 0 N–H and O–H groups in total. The summed E-state index contributed by atoms with van der Waals surface area (Å²) in [5.74, 6) is 0.0916. The van der Waals surface area contributed by atoms with Gasteiger partial charge in [0, 0.05) is 17.0 Å². The van der Waals surface area contributed by atoms with Crippen molar-refractivity contribution in [3.8, 4) is 5.75 Å². The predicted octanol–water partition coefficient (Wildman–Crippen LogP) is 4.16. The number of unbranched alkanes of at least 4 members (excludes halogenated alkanes) is 1. The van der Waals surface area contributed by atoms with Gasteiger partial charge in [0.25, 0.3) is 0 Å². The highest BCUT2D eigenvalue weighted by Crippen LogP contribution is 2.25. The van der Waals surface area contributed by atoms with E-state index in [0.29, 0.717) is 24.4 Å². The van der Waals surface area contributed by atoms with E-state index in [1.807, 2.05) is 19.9 Å². The second kappa shape index (κ2) is 8.70. The van der Waals surface area contributed by atoms with Crippen LogP contribution in [0.1, 0.15) is 51.2 Å². The van der Waals surface area contributed by atoms with Crippen molar-refractivity contribution < 1.29 is 18.7 Å². The maximum atomic E-state index is 12.3. The molecule has 1 atom stereocenters. The van der Waals surface area contributed by atoms with Crippen LogP contribution in [0, 0.1) is 6.92 Å². The van der Waals surface area contributed by atoms with Crippen LogP contribution in [0.4, 0.5) is 0 Å². The molecule has 0 bridgehead atoms. The minimum Gasteiger partial charge on any atom is -0.479 e. The van der Waals surface area contributed by atoms with Crippen LogP contribution in [-0.2, 0) is 16.0 Å². The molecular weight excluding hydrogens is 320 g/mol. The van der Waals surface area contributed by atoms with Gasteiger partial charge in [-0.3, -0.25) is 0 Å². The van der Waals surface area contributed by atoms with Gasteiger partial charge in [0.1, 0.15) is 11.3 Å². The Hall–Kier alpha value is -2.30. The zero-order chi connectivity index (χ0) is 18.4. The smallest absolute Gasteiger partial charge is 0.347 e. The van der Waals surface area contributed by atoms with Gasteiger partial charge in [0.15, 0.2) is 6.10 Å². The standard InChI is InChI=1S/C20H26O5/c1-5-8-9-16-13(4)15-11-10-14(12-18(15)25-19(16)21)24-17(6-2)20(22)23-7-3/h10-12,17H,5-9H2,1-4H3/t17-/m0/s1. The van der Waals surface area contributed by atoms with E-state index in [0.717, 1.165) is 35.8 Å². The van der Waals surface area contributed by atoms with Crippen LogP contribution in [0.25, 0.3) is 11.0 Å². The molecule has 2 aromatic rings. The Kier molecular flexibility index (Phi) is 6.62. The van der Waals surface area contributed by atoms with Crippen molar-refractivity contribution in [1.82, 2.24) is 0 Å². The van der Waals surface area contributed by atoms with E-state index in [1.54, 1.807) is 19.1 Å². The number of carbonyl (C=O) groups is 1. The summed E-state index contributed by atoms with van der Waals surface area (Å²) in [6.45, 7) is 7.96. The van der Waals surface area contributed by atoms with Crippen molar-refractivity contribution in [3.05, 3.63) is 39.7 Å². The quantitative estimate of drug-likeness (QED) is 0.530. The first-order chi connectivity index (χ1) is 12.0. The normalized spacial score (nSPS) is 12.2. The van der Waals surface area contributed by atoms with Crippen molar-refractivity contribution in [2.45, 2.75) is 59.5 Å². The molecule has 0 aliphatic carbocycles. The van der Waals surface area contributed by atoms with Crippen LogP contribution >= 0.6 is 0 Å². The highest BCUT2D eigenvalue weighted by Gasteiger charge is 2.20. The molecule has 0 aliphatic heterocycles. The van der Waals surface area contributed by atoms with Crippen LogP contribution in [-0.4, -0.2) is 18.7 Å². The Morgan fingerprint density at radius 3 is 2.64 bits per heavy atom. The van der Waals surface area contributed by atoms with E-state index >= 15 is 0 Å². The molecule has 2 rings (SSSR count). The maximum absolute atomic E-state index is 12.3. The number of carbonyl (C=O) groups excluding carboxylic acids is 1. The SMILES string of the molecule is CCCCc1c(C)c2ccc(O[C@@H](CC)C(=O)OCC)cc2oc1=O. The van der Waals surface area contributed by atoms with Crippen LogP contribution < -0.4 is 10.4 Å². The average Bonchev–Trinajstić information content (AvgIpc) is 2.59. The van der Waals surface area contributed by atoms with E-state index < -0.39 is 12.1 Å². The van der Waals surface area contributed by atoms with Crippen molar-refractivity contribution in [3.63, 3.8) is 0 Å². The molecule has 1 heterocycles. The Balaban J connectivity index is 2.33. The molecule has 0 fully saturated rings. The zero-order valence-corrected chi connectivity index (χ0v) is 15.4. The number of ether oxygens (including phenoxy) is 2. The molecule has 0 spiro atoms. The fraction of sp³-hybridized carbons (Fsp3) is 0.500. The maximum Gasteiger partial charge on any atom is 0.347 e. The number of aryl methyl sites for hydroxylation is 1. The number of hydrogen-bond acceptors (Lipinski definition) is 5. The van der Waals surface area contributed by atoms with Crippen molar-refractivity contribution >= 4 is 16.9 Å². The van der Waals surface area contributed by atoms with E-state index in [2.05, 4.69) is 6.92 Å². The molecule has 25 heavy (non-hydrogen) atoms. The molecule has 0 aliphatic rings. The third-order valence-electron chi connectivity index (χ3n) is 4.24. The molecule has 1 aromatic heterocycles. The van der Waals surface area contributed by atoms with Gasteiger partial charge in [-0.15, -0.1) is 0 Å². The van der Waals surface area contributed by atoms with Crippen LogP contribution in [0.5, 0.6) is 5.75 Å². The Labute approximate surface area is 147 Å². The zero-order valence-electron chi connectivity index (χ0n) is 15.4. The van der Waals surface area contributed by atoms with Crippen LogP contribution in [0.2, 0.25) is 0 Å². The van der Waals surface area contributed by atoms with Crippen molar-refractivity contribution in [2.24, 2.45) is 0 Å². The highest BCUT2D eigenvalue weighted by atomic mass is 16.6. The lowest BCUT2D eigenvalue weighted by Crippen LogP contribution is -2.28. The Morgan fingerprint density at radius 1 is 1.24 bits per heavy atom. The molecule has 0 saturated heterocycles. The molecule has 5 heteroatoms. The van der Waals surface area contributed by atoms with Gasteiger partial charge in [-0.1, -0.05) is 20.3 Å². The van der Waals surface area contributed by atoms with Gasteiger partial charge in [-0.05, 0) is 50.8 Å². The van der Waals surface area contributed by atoms with E-state index in [1.165, 1.54) is 0 Å². The molecule has 1 aromatic carbocycles. The number of esters is 1. The van der Waals surface area contributed by atoms with Gasteiger partial charge in [0.2, 0.25) is 0 Å². The summed E-state index contributed by atoms with van der Waals surface area (Å²) >= 11 is 0. The second-order valence-electron chi connectivity index (χ2n) is 6.02. The molecular formula is C20H26O5. The number of benzene rings is 1. The number of rotatable bonds is 8. The summed E-state index contributed by atoms with van der Waals surface area (Å²) in [5, 5.41) is 0.891. The second-order valence-corrected chi connectivity index (χ2v) is 6.02. The van der Waals surface area contributed by atoms with Crippen molar-refractivity contribution in [1.29, 1.82) is 0 Å². The van der Waals surface area contributed by atoms with Crippen molar-refractivity contribution in [2.75, 3.05) is 6.61 Å². The molecule has 0 amide bonds. The first kappa shape index (κ1) is 19.0. The first-order valence-corrected chi connectivity index (χ1v) is 8.91. The topological polar surface area (TPSA) is 65.7 Å². The summed E-state index contributed by atoms with van der Waals surface area (Å²) < 4.78 is 16.2. The predicted molar refractivity (Wildman–Crippen MR) is 97.2 cm³/mol. The summed E-state index contributed by atoms with van der Waals surface area (Å²) in [5.41, 5.74) is 1.86. The van der Waals surface area contributed by atoms with E-state index in [9.17, 15) is 9.59 Å². The van der Waals surface area contributed by atoms with Crippen LogP contribution in [0.3, 0.4) is 0 Å². The average molecular weight is 346 g/mol. The molecule has 5 nitrogen and oxygen atoms in total. The molecule has 0 saturated carbocycles. The lowest BCUT2D eigenvalue weighted by Gasteiger charge is -2.16. The minimum atomic E-state index is -0.672. The summed E-state index contributed by atoms with van der Waals surface area (Å²) in [7, 11) is 0. The number of hydrogen-bond donors (Lipinski definition) is 0. The van der Waals surface area contributed by atoms with E-state index in [-0.39, 0.29) is 5.63 Å². The highest BCUT2D eigenvalue weighted by molar-refractivity contribution is 5.82. The first-order valence-electron chi connectivity index (χ1n) is 8.91. The molecule has 0 radical (unpaired) electrons. The minimum absolute atomic E-state index is 0.298. The number of fused-ring (bicyclic) bond motifs is 1. The van der Waals surface area contributed by atoms with E-state index in [4.69, 9.17) is 13.9 Å². The summed E-state index contributed by atoms with van der Waals surface area (Å²) in [6.07, 6.45) is 2.52. The summed E-state index contributed by atoms with van der Waals surface area (Å²) in [4.78, 5) is 24.1. The Bertz CT molecular complexity index is 791. The fourth-order valence-corrected chi connectivity index (χ4v) is 2.79. The summed E-state index contributed by atoms with van der Waals surface area (Å²) in [6, 6.07) is 5.33. The third kappa shape index (κ3) is 4.41. The lowest BCUT2D eigenvalue weighted by molar-refractivity contribution is -0.151.